The first-order valence-corrected chi connectivity index (χ1v) is 14.1. The molecule has 0 aromatic heterocycles. The van der Waals surface area contributed by atoms with Gasteiger partial charge in [0.1, 0.15) is 17.7 Å². The number of amides is 1. The Hall–Kier alpha value is -3.29. The molecule has 0 spiro atoms. The quantitative estimate of drug-likeness (QED) is 0.203. The van der Waals surface area contributed by atoms with Gasteiger partial charge in [-0.1, -0.05) is 43.5 Å². The zero-order valence-corrected chi connectivity index (χ0v) is 25.2. The van der Waals surface area contributed by atoms with Crippen molar-refractivity contribution < 1.29 is 9.53 Å². The molecule has 9 heteroatoms. The molecule has 0 radical (unpaired) electrons. The second-order valence-corrected chi connectivity index (χ2v) is 11.0. The highest BCUT2D eigenvalue weighted by Gasteiger charge is 2.27. The summed E-state index contributed by atoms with van der Waals surface area (Å²) in [5.74, 6) is 1.73. The summed E-state index contributed by atoms with van der Waals surface area (Å²) in [6, 6.07) is 20.0. The number of benzene rings is 3. The molecule has 5 rings (SSSR count). The lowest BCUT2D eigenvalue weighted by atomic mass is 9.88. The van der Waals surface area contributed by atoms with E-state index in [9.17, 15) is 4.79 Å². The average Bonchev–Trinajstić information content (AvgIpc) is 2.96. The van der Waals surface area contributed by atoms with E-state index in [4.69, 9.17) is 21.3 Å². The maximum Gasteiger partial charge on any atom is 0.230 e. The summed E-state index contributed by atoms with van der Waals surface area (Å²) in [7, 11) is 0. The number of ether oxygens (including phenoxy) is 1. The van der Waals surface area contributed by atoms with Gasteiger partial charge in [-0.15, -0.1) is 24.8 Å². The first-order chi connectivity index (χ1) is 18.9. The lowest BCUT2D eigenvalue weighted by molar-refractivity contribution is -0.123. The van der Waals surface area contributed by atoms with Crippen LogP contribution in [0.2, 0.25) is 0 Å². The molecule has 1 saturated carbocycles. The van der Waals surface area contributed by atoms with Crippen LogP contribution in [0.25, 0.3) is 10.8 Å². The van der Waals surface area contributed by atoms with Crippen LogP contribution in [0.4, 0.5) is 5.69 Å². The fraction of sp³-hybridized carbons (Fsp3) is 0.406. The number of nitrogens with one attached hydrogen (secondary N) is 2. The Kier molecular flexibility index (Phi) is 11.4. The summed E-state index contributed by atoms with van der Waals surface area (Å²) >= 11 is 0. The summed E-state index contributed by atoms with van der Waals surface area (Å²) in [6.45, 7) is 4.02. The van der Waals surface area contributed by atoms with E-state index in [1.165, 1.54) is 6.42 Å². The van der Waals surface area contributed by atoms with Gasteiger partial charge < -0.3 is 20.3 Å². The molecule has 0 atom stereocenters. The minimum Gasteiger partial charge on any atom is -0.490 e. The molecule has 1 heterocycles. The van der Waals surface area contributed by atoms with Crippen molar-refractivity contribution in [3.8, 4) is 5.75 Å². The Morgan fingerprint density at radius 1 is 0.902 bits per heavy atom. The van der Waals surface area contributed by atoms with E-state index in [2.05, 4.69) is 23.1 Å². The number of rotatable bonds is 7. The van der Waals surface area contributed by atoms with Gasteiger partial charge in [0.15, 0.2) is 0 Å². The molecule has 41 heavy (non-hydrogen) atoms. The van der Waals surface area contributed by atoms with Crippen LogP contribution in [0.5, 0.6) is 5.75 Å². The Morgan fingerprint density at radius 2 is 1.56 bits per heavy atom. The predicted molar refractivity (Wildman–Crippen MR) is 172 cm³/mol. The van der Waals surface area contributed by atoms with Crippen molar-refractivity contribution in [3.63, 3.8) is 0 Å². The number of hydrogen-bond donors (Lipinski definition) is 3. The fourth-order valence-electron chi connectivity index (χ4n) is 5.82. The highest BCUT2D eigenvalue weighted by Crippen LogP contribution is 2.31. The number of nitrogens with zero attached hydrogens (tertiary/aromatic N) is 2. The van der Waals surface area contributed by atoms with Gasteiger partial charge in [0.25, 0.3) is 0 Å². The third-order valence-corrected chi connectivity index (χ3v) is 8.14. The molecule has 2 aliphatic rings. The van der Waals surface area contributed by atoms with E-state index in [0.717, 1.165) is 79.4 Å². The lowest BCUT2D eigenvalue weighted by Gasteiger charge is -2.33. The number of fused-ring (bicyclic) bond motifs is 1. The van der Waals surface area contributed by atoms with Crippen LogP contribution < -0.4 is 15.4 Å². The van der Waals surface area contributed by atoms with E-state index < -0.39 is 0 Å². The summed E-state index contributed by atoms with van der Waals surface area (Å²) in [5, 5.41) is 17.7. The van der Waals surface area contributed by atoms with E-state index >= 15 is 0 Å². The molecule has 1 aliphatic heterocycles. The minimum absolute atomic E-state index is 0. The topological polar surface area (TPSA) is 106 Å². The molecule has 2 fully saturated rings. The van der Waals surface area contributed by atoms with Crippen LogP contribution in [-0.2, 0) is 11.3 Å². The molecule has 1 amide bonds. The third kappa shape index (κ3) is 7.92. The normalized spacial score (nSPS) is 15.9. The zero-order valence-electron chi connectivity index (χ0n) is 23.6. The molecule has 220 valence electrons. The highest BCUT2D eigenvalue weighted by atomic mass is 35.5. The highest BCUT2D eigenvalue weighted by molar-refractivity contribution is 5.99. The maximum atomic E-state index is 13.8. The Bertz CT molecular complexity index is 1350. The molecule has 1 aliphatic carbocycles. The van der Waals surface area contributed by atoms with Gasteiger partial charge in [0.2, 0.25) is 5.91 Å². The van der Waals surface area contributed by atoms with Crippen LogP contribution >= 0.6 is 24.8 Å². The second-order valence-electron chi connectivity index (χ2n) is 11.0. The summed E-state index contributed by atoms with van der Waals surface area (Å²) in [4.78, 5) is 17.8. The molecule has 1 saturated heterocycles. The van der Waals surface area contributed by atoms with Gasteiger partial charge in [-0.3, -0.25) is 15.6 Å². The molecule has 3 aromatic carbocycles. The van der Waals surface area contributed by atoms with Crippen molar-refractivity contribution in [3.05, 3.63) is 71.8 Å². The molecule has 4 N–H and O–H groups in total. The van der Waals surface area contributed by atoms with E-state index in [1.54, 1.807) is 0 Å². The monoisotopic (exact) mass is 597 g/mol. The SMILES string of the molecule is CC(=N)N1CCC(Oc2ccc(N(Cc3ccc4ccc(C(=N)N)cc4c3)C(=O)C3CCCCC3)cc2)CC1.Cl.Cl. The van der Waals surface area contributed by atoms with Gasteiger partial charge in [-0.2, -0.15) is 0 Å². The molecule has 0 bridgehead atoms. The average molecular weight is 599 g/mol. The molecular formula is C32H41Cl2N5O2. The first-order valence-electron chi connectivity index (χ1n) is 14.1. The van der Waals surface area contributed by atoms with Crippen LogP contribution in [0.15, 0.2) is 60.7 Å². The molecule has 7 nitrogen and oxygen atoms in total. The molecule has 3 aromatic rings. The first kappa shape index (κ1) is 32.2. The van der Waals surface area contributed by atoms with Crippen LogP contribution in [0.1, 0.15) is 63.0 Å². The number of hydrogen-bond acceptors (Lipinski definition) is 4. The predicted octanol–water partition coefficient (Wildman–Crippen LogP) is 6.92. The summed E-state index contributed by atoms with van der Waals surface area (Å²) in [6.07, 6.45) is 7.26. The van der Waals surface area contributed by atoms with Crippen LogP contribution in [0.3, 0.4) is 0 Å². The van der Waals surface area contributed by atoms with Gasteiger partial charge in [0, 0.05) is 43.1 Å². The summed E-state index contributed by atoms with van der Waals surface area (Å²) < 4.78 is 6.26. The van der Waals surface area contributed by atoms with Crippen molar-refractivity contribution in [2.75, 3.05) is 18.0 Å². The van der Waals surface area contributed by atoms with E-state index in [-0.39, 0.29) is 48.6 Å². The number of anilines is 1. The number of piperidine rings is 1. The maximum absolute atomic E-state index is 13.8. The Labute approximate surface area is 255 Å². The zero-order chi connectivity index (χ0) is 27.4. The molecule has 0 unspecified atom stereocenters. The van der Waals surface area contributed by atoms with Crippen LogP contribution in [0, 0.1) is 16.7 Å². The largest absolute Gasteiger partial charge is 0.490 e. The van der Waals surface area contributed by atoms with Crippen LogP contribution in [-0.4, -0.2) is 41.7 Å². The second kappa shape index (κ2) is 14.6. The standard InChI is InChI=1S/C32H39N5O2.2ClH/c1-22(33)36-17-15-30(16-18-36)39-29-13-11-28(12-14-29)37(32(38)25-5-3-2-4-6-25)21-23-7-8-24-9-10-26(31(34)35)20-27(24)19-23;;/h7-14,19-20,25,30,33H,2-6,15-18,21H2,1H3,(H3,34,35);2*1H. The number of nitrogens with two attached hydrogens (primary N) is 1. The van der Waals surface area contributed by atoms with Gasteiger partial charge >= 0.3 is 0 Å². The minimum atomic E-state index is 0. The van der Waals surface area contributed by atoms with E-state index in [1.807, 2.05) is 54.3 Å². The number of likely N-dealkylation sites (tertiary alicyclic amines) is 1. The Morgan fingerprint density at radius 3 is 2.20 bits per heavy atom. The number of halogens is 2. The van der Waals surface area contributed by atoms with E-state index in [0.29, 0.717) is 17.9 Å². The van der Waals surface area contributed by atoms with Gasteiger partial charge in [-0.05, 0) is 72.5 Å². The van der Waals surface area contributed by atoms with Crippen molar-refractivity contribution in [1.82, 2.24) is 4.90 Å². The summed E-state index contributed by atoms with van der Waals surface area (Å²) in [5.41, 5.74) is 8.34. The van der Waals surface area contributed by atoms with Crippen molar-refractivity contribution in [2.45, 2.75) is 64.5 Å². The van der Waals surface area contributed by atoms with Gasteiger partial charge in [-0.25, -0.2) is 0 Å². The Balaban J connectivity index is 0.00000231. The number of nitrogen functional groups attached to an aromatic ring is 1. The fourth-order valence-corrected chi connectivity index (χ4v) is 5.82. The van der Waals surface area contributed by atoms with Crippen molar-refractivity contribution in [1.29, 1.82) is 10.8 Å². The lowest BCUT2D eigenvalue weighted by Crippen LogP contribution is -2.40. The number of carbonyl (C=O) groups is 1. The van der Waals surface area contributed by atoms with Crippen molar-refractivity contribution in [2.24, 2.45) is 11.7 Å². The van der Waals surface area contributed by atoms with Gasteiger partial charge in [0.05, 0.1) is 12.4 Å². The smallest absolute Gasteiger partial charge is 0.230 e. The number of carbonyl (C=O) groups excluding carboxylic acids is 1. The molecular weight excluding hydrogens is 557 g/mol. The third-order valence-electron chi connectivity index (χ3n) is 8.14. The number of amidine groups is 2. The van der Waals surface area contributed by atoms with Crippen molar-refractivity contribution >= 4 is 58.9 Å².